The molecular formula is C14H16. The summed E-state index contributed by atoms with van der Waals surface area (Å²) in [6.45, 7) is 0. The van der Waals surface area contributed by atoms with Gasteiger partial charge in [0.15, 0.2) is 0 Å². The SMILES string of the molecule is C1=C\CC(c2ccccc2)C/C=C\C/1. The van der Waals surface area contributed by atoms with E-state index >= 15 is 0 Å². The van der Waals surface area contributed by atoms with Crippen molar-refractivity contribution in [2.45, 2.75) is 25.2 Å². The van der Waals surface area contributed by atoms with Crippen molar-refractivity contribution in [2.75, 3.05) is 0 Å². The Morgan fingerprint density at radius 2 is 1.43 bits per heavy atom. The van der Waals surface area contributed by atoms with Crippen LogP contribution < -0.4 is 0 Å². The van der Waals surface area contributed by atoms with Crippen LogP contribution in [0.3, 0.4) is 0 Å². The first kappa shape index (κ1) is 9.26. The fourth-order valence-electron chi connectivity index (χ4n) is 1.89. The molecule has 0 aromatic heterocycles. The third-order valence-electron chi connectivity index (χ3n) is 2.72. The van der Waals surface area contributed by atoms with E-state index in [1.165, 1.54) is 18.4 Å². The lowest BCUT2D eigenvalue weighted by molar-refractivity contribution is 0.706. The zero-order valence-electron chi connectivity index (χ0n) is 8.39. The molecule has 0 saturated heterocycles. The van der Waals surface area contributed by atoms with Gasteiger partial charge in [0, 0.05) is 0 Å². The number of allylic oxidation sites excluding steroid dienone is 4. The molecule has 0 atom stereocenters. The van der Waals surface area contributed by atoms with Crippen LogP contribution >= 0.6 is 0 Å². The van der Waals surface area contributed by atoms with E-state index in [1.54, 1.807) is 0 Å². The first-order chi connectivity index (χ1) is 6.97. The molecule has 0 bridgehead atoms. The van der Waals surface area contributed by atoms with Gasteiger partial charge in [-0.2, -0.15) is 0 Å². The summed E-state index contributed by atoms with van der Waals surface area (Å²) in [4.78, 5) is 0. The fraction of sp³-hybridized carbons (Fsp3) is 0.286. The van der Waals surface area contributed by atoms with Crippen molar-refractivity contribution >= 4 is 0 Å². The quantitative estimate of drug-likeness (QED) is 0.577. The van der Waals surface area contributed by atoms with Gasteiger partial charge in [-0.15, -0.1) is 0 Å². The van der Waals surface area contributed by atoms with E-state index in [9.17, 15) is 0 Å². The minimum Gasteiger partial charge on any atom is -0.0876 e. The highest BCUT2D eigenvalue weighted by atomic mass is 14.1. The molecule has 0 fully saturated rings. The maximum Gasteiger partial charge on any atom is -0.00928 e. The van der Waals surface area contributed by atoms with E-state index in [1.807, 2.05) is 0 Å². The molecule has 0 heteroatoms. The average Bonchev–Trinajstić information content (AvgIpc) is 2.18. The van der Waals surface area contributed by atoms with Gasteiger partial charge in [-0.05, 0) is 30.7 Å². The van der Waals surface area contributed by atoms with E-state index in [-0.39, 0.29) is 0 Å². The van der Waals surface area contributed by atoms with E-state index in [2.05, 4.69) is 54.6 Å². The summed E-state index contributed by atoms with van der Waals surface area (Å²) in [5.41, 5.74) is 1.46. The van der Waals surface area contributed by atoms with Crippen molar-refractivity contribution in [1.82, 2.24) is 0 Å². The van der Waals surface area contributed by atoms with Gasteiger partial charge in [-0.25, -0.2) is 0 Å². The molecule has 72 valence electrons. The zero-order valence-corrected chi connectivity index (χ0v) is 8.39. The van der Waals surface area contributed by atoms with Crippen LogP contribution in [0.2, 0.25) is 0 Å². The van der Waals surface area contributed by atoms with Crippen LogP contribution in [-0.4, -0.2) is 0 Å². The van der Waals surface area contributed by atoms with Crippen LogP contribution in [0.15, 0.2) is 54.6 Å². The summed E-state index contributed by atoms with van der Waals surface area (Å²) in [5, 5.41) is 0. The summed E-state index contributed by atoms with van der Waals surface area (Å²) in [6, 6.07) is 10.8. The molecular weight excluding hydrogens is 168 g/mol. The molecule has 0 nitrogen and oxygen atoms in total. The lowest BCUT2D eigenvalue weighted by Crippen LogP contribution is -1.96. The molecule has 1 aliphatic carbocycles. The van der Waals surface area contributed by atoms with Crippen molar-refractivity contribution in [3.8, 4) is 0 Å². The molecule has 1 aliphatic rings. The molecule has 0 radical (unpaired) electrons. The van der Waals surface area contributed by atoms with Crippen molar-refractivity contribution < 1.29 is 0 Å². The highest BCUT2D eigenvalue weighted by Gasteiger charge is 2.07. The molecule has 0 unspecified atom stereocenters. The Hall–Kier alpha value is -1.30. The van der Waals surface area contributed by atoms with Crippen LogP contribution in [0, 0.1) is 0 Å². The lowest BCUT2D eigenvalue weighted by atomic mass is 9.91. The van der Waals surface area contributed by atoms with Gasteiger partial charge in [-0.3, -0.25) is 0 Å². The van der Waals surface area contributed by atoms with Crippen molar-refractivity contribution in [3.63, 3.8) is 0 Å². The second kappa shape index (κ2) is 4.80. The first-order valence-corrected chi connectivity index (χ1v) is 5.32. The third-order valence-corrected chi connectivity index (χ3v) is 2.72. The maximum atomic E-state index is 2.31. The van der Waals surface area contributed by atoms with E-state index in [4.69, 9.17) is 0 Å². The molecule has 0 spiro atoms. The molecule has 0 aliphatic heterocycles. The fourth-order valence-corrected chi connectivity index (χ4v) is 1.89. The van der Waals surface area contributed by atoms with Gasteiger partial charge < -0.3 is 0 Å². The van der Waals surface area contributed by atoms with Crippen molar-refractivity contribution in [2.24, 2.45) is 0 Å². The minimum atomic E-state index is 0.670. The van der Waals surface area contributed by atoms with Gasteiger partial charge in [0.05, 0.1) is 0 Å². The predicted molar refractivity (Wildman–Crippen MR) is 61.3 cm³/mol. The molecule has 1 aromatic rings. The third kappa shape index (κ3) is 2.35. The summed E-state index contributed by atoms with van der Waals surface area (Å²) >= 11 is 0. The Labute approximate surface area is 86.0 Å². The van der Waals surface area contributed by atoms with Crippen LogP contribution in [0.4, 0.5) is 0 Å². The monoisotopic (exact) mass is 184 g/mol. The standard InChI is InChI=1S/C14H16/c1-2-5-9-13(10-6-3-1)14-11-7-4-8-12-14/h2-8,11-13H,1,9-10H2/b5-2-,6-3-. The van der Waals surface area contributed by atoms with Crippen molar-refractivity contribution in [1.29, 1.82) is 0 Å². The predicted octanol–water partition coefficient (Wildman–Crippen LogP) is 4.07. The van der Waals surface area contributed by atoms with Gasteiger partial charge >= 0.3 is 0 Å². The highest BCUT2D eigenvalue weighted by molar-refractivity contribution is 5.21. The van der Waals surface area contributed by atoms with Crippen LogP contribution in [-0.2, 0) is 0 Å². The van der Waals surface area contributed by atoms with Gasteiger partial charge in [0.1, 0.15) is 0 Å². The van der Waals surface area contributed by atoms with Crippen LogP contribution in [0.25, 0.3) is 0 Å². The van der Waals surface area contributed by atoms with Crippen molar-refractivity contribution in [3.05, 3.63) is 60.2 Å². The van der Waals surface area contributed by atoms with Crippen LogP contribution in [0.5, 0.6) is 0 Å². The average molecular weight is 184 g/mol. The second-order valence-electron chi connectivity index (χ2n) is 3.76. The molecule has 14 heavy (non-hydrogen) atoms. The molecule has 0 amide bonds. The Bertz CT molecular complexity index is 305. The maximum absolute atomic E-state index is 2.31. The molecule has 0 N–H and O–H groups in total. The molecule has 1 aromatic carbocycles. The van der Waals surface area contributed by atoms with E-state index in [0.29, 0.717) is 5.92 Å². The molecule has 0 saturated carbocycles. The Balaban J connectivity index is 2.13. The summed E-state index contributed by atoms with van der Waals surface area (Å²) < 4.78 is 0. The normalized spacial score (nSPS) is 22.3. The largest absolute Gasteiger partial charge is 0.0876 e. The van der Waals surface area contributed by atoms with Gasteiger partial charge in [0.2, 0.25) is 0 Å². The van der Waals surface area contributed by atoms with Gasteiger partial charge in [0.25, 0.3) is 0 Å². The Morgan fingerprint density at radius 1 is 0.786 bits per heavy atom. The first-order valence-electron chi connectivity index (χ1n) is 5.32. The molecule has 0 heterocycles. The summed E-state index contributed by atoms with van der Waals surface area (Å²) in [7, 11) is 0. The highest BCUT2D eigenvalue weighted by Crippen LogP contribution is 2.25. The summed E-state index contributed by atoms with van der Waals surface area (Å²) in [6.07, 6.45) is 12.6. The number of hydrogen-bond acceptors (Lipinski definition) is 0. The zero-order chi connectivity index (χ0) is 9.64. The Kier molecular flexibility index (Phi) is 3.18. The smallest absolute Gasteiger partial charge is 0.00928 e. The molecule has 2 rings (SSSR count). The second-order valence-corrected chi connectivity index (χ2v) is 3.76. The van der Waals surface area contributed by atoms with E-state index in [0.717, 1.165) is 6.42 Å². The number of benzene rings is 1. The number of rotatable bonds is 1. The lowest BCUT2D eigenvalue weighted by Gasteiger charge is -2.14. The topological polar surface area (TPSA) is 0 Å². The minimum absolute atomic E-state index is 0.670. The van der Waals surface area contributed by atoms with Crippen LogP contribution in [0.1, 0.15) is 30.7 Å². The Morgan fingerprint density at radius 3 is 2.07 bits per heavy atom. The van der Waals surface area contributed by atoms with E-state index < -0.39 is 0 Å². The van der Waals surface area contributed by atoms with Gasteiger partial charge in [-0.1, -0.05) is 54.6 Å². The summed E-state index contributed by atoms with van der Waals surface area (Å²) in [5.74, 6) is 0.670. The number of hydrogen-bond donors (Lipinski definition) is 0.